The van der Waals surface area contributed by atoms with Gasteiger partial charge in [-0.2, -0.15) is 0 Å². The molecule has 1 heterocycles. The van der Waals surface area contributed by atoms with Crippen LogP contribution in [-0.2, 0) is 4.74 Å². The highest BCUT2D eigenvalue weighted by atomic mass is 35.5. The van der Waals surface area contributed by atoms with E-state index in [1.807, 2.05) is 12.1 Å². The van der Waals surface area contributed by atoms with Crippen LogP contribution in [-0.4, -0.2) is 25.9 Å². The first kappa shape index (κ1) is 18.3. The third-order valence-electron chi connectivity index (χ3n) is 4.33. The lowest BCUT2D eigenvalue weighted by Crippen LogP contribution is -2.36. The van der Waals surface area contributed by atoms with E-state index in [1.54, 1.807) is 7.11 Å². The lowest BCUT2D eigenvalue weighted by molar-refractivity contribution is -0.0771. The van der Waals surface area contributed by atoms with E-state index in [0.29, 0.717) is 11.8 Å². The number of methoxy groups -OCH3 is 1. The van der Waals surface area contributed by atoms with Crippen molar-refractivity contribution in [2.75, 3.05) is 20.3 Å². The Labute approximate surface area is 134 Å². The van der Waals surface area contributed by atoms with E-state index >= 15 is 0 Å². The summed E-state index contributed by atoms with van der Waals surface area (Å²) in [5, 5.41) is 0. The Bertz CT molecular complexity index is 419. The van der Waals surface area contributed by atoms with Crippen molar-refractivity contribution in [1.82, 2.24) is 0 Å². The molecule has 120 valence electrons. The van der Waals surface area contributed by atoms with E-state index in [9.17, 15) is 0 Å². The topological polar surface area (TPSA) is 44.5 Å². The normalized spacial score (nSPS) is 22.2. The zero-order valence-electron chi connectivity index (χ0n) is 13.3. The maximum atomic E-state index is 5.84. The Kier molecular flexibility index (Phi) is 6.98. The van der Waals surface area contributed by atoms with Gasteiger partial charge < -0.3 is 15.2 Å². The van der Waals surface area contributed by atoms with Crippen LogP contribution in [0, 0.1) is 5.92 Å². The van der Waals surface area contributed by atoms with Crippen LogP contribution in [0.3, 0.4) is 0 Å². The van der Waals surface area contributed by atoms with Crippen molar-refractivity contribution in [3.05, 3.63) is 29.8 Å². The number of rotatable bonds is 5. The third kappa shape index (κ3) is 4.87. The van der Waals surface area contributed by atoms with Crippen LogP contribution in [0.2, 0.25) is 0 Å². The fourth-order valence-electron chi connectivity index (χ4n) is 3.33. The van der Waals surface area contributed by atoms with Crippen molar-refractivity contribution >= 4 is 12.4 Å². The molecule has 2 N–H and O–H groups in total. The van der Waals surface area contributed by atoms with Gasteiger partial charge in [-0.1, -0.05) is 12.1 Å². The predicted octanol–water partition coefficient (Wildman–Crippen LogP) is 3.75. The smallest absolute Gasteiger partial charge is 0.118 e. The Morgan fingerprint density at radius 1 is 1.33 bits per heavy atom. The minimum absolute atomic E-state index is 0. The quantitative estimate of drug-likeness (QED) is 0.900. The minimum Gasteiger partial charge on any atom is -0.497 e. The van der Waals surface area contributed by atoms with Crippen LogP contribution >= 0.6 is 12.4 Å². The van der Waals surface area contributed by atoms with Gasteiger partial charge >= 0.3 is 0 Å². The summed E-state index contributed by atoms with van der Waals surface area (Å²) < 4.78 is 11.1. The first-order valence-corrected chi connectivity index (χ1v) is 7.54. The maximum absolute atomic E-state index is 5.84. The molecule has 1 fully saturated rings. The standard InChI is InChI=1S/C17H27NO2.ClH/c1-17(2)12-14(9-11-20-17)16(8-10-18)13-4-6-15(19-3)7-5-13;/h4-7,14,16H,8-12,18H2,1-3H3;1H. The Hall–Kier alpha value is -0.770. The molecule has 1 aromatic rings. The van der Waals surface area contributed by atoms with Gasteiger partial charge in [0.25, 0.3) is 0 Å². The Morgan fingerprint density at radius 3 is 2.52 bits per heavy atom. The van der Waals surface area contributed by atoms with Crippen LogP contribution in [0.25, 0.3) is 0 Å². The van der Waals surface area contributed by atoms with Gasteiger partial charge in [0.1, 0.15) is 5.75 Å². The van der Waals surface area contributed by atoms with E-state index in [1.165, 1.54) is 5.56 Å². The highest BCUT2D eigenvalue weighted by molar-refractivity contribution is 5.85. The van der Waals surface area contributed by atoms with Gasteiger partial charge in [-0.3, -0.25) is 0 Å². The molecule has 0 saturated carbocycles. The van der Waals surface area contributed by atoms with E-state index in [4.69, 9.17) is 15.2 Å². The van der Waals surface area contributed by atoms with Gasteiger partial charge in [0.15, 0.2) is 0 Å². The zero-order chi connectivity index (χ0) is 14.6. The number of nitrogens with two attached hydrogens (primary N) is 1. The van der Waals surface area contributed by atoms with Crippen LogP contribution in [0.1, 0.15) is 44.6 Å². The number of halogens is 1. The molecule has 4 heteroatoms. The average Bonchev–Trinajstić information content (AvgIpc) is 2.44. The van der Waals surface area contributed by atoms with Gasteiger partial charge in [-0.25, -0.2) is 0 Å². The average molecular weight is 314 g/mol. The third-order valence-corrected chi connectivity index (χ3v) is 4.33. The molecule has 3 nitrogen and oxygen atoms in total. The molecule has 0 spiro atoms. The van der Waals surface area contributed by atoms with E-state index < -0.39 is 0 Å². The summed E-state index contributed by atoms with van der Waals surface area (Å²) in [6.45, 7) is 5.96. The first-order chi connectivity index (χ1) is 9.55. The molecule has 0 bridgehead atoms. The monoisotopic (exact) mass is 313 g/mol. The fraction of sp³-hybridized carbons (Fsp3) is 0.647. The minimum atomic E-state index is -0.0117. The van der Waals surface area contributed by atoms with Crippen LogP contribution < -0.4 is 10.5 Å². The molecule has 21 heavy (non-hydrogen) atoms. The summed E-state index contributed by atoms with van der Waals surface area (Å²) in [6.07, 6.45) is 3.26. The van der Waals surface area contributed by atoms with E-state index in [0.717, 1.165) is 38.2 Å². The van der Waals surface area contributed by atoms with E-state index in [-0.39, 0.29) is 18.0 Å². The Balaban J connectivity index is 0.00000220. The molecule has 1 aromatic carbocycles. The lowest BCUT2D eigenvalue weighted by Gasteiger charge is -2.39. The molecule has 0 aromatic heterocycles. The summed E-state index contributed by atoms with van der Waals surface area (Å²) >= 11 is 0. The molecule has 1 saturated heterocycles. The molecule has 1 aliphatic rings. The van der Waals surface area contributed by atoms with Crippen molar-refractivity contribution in [1.29, 1.82) is 0 Å². The summed E-state index contributed by atoms with van der Waals surface area (Å²) in [4.78, 5) is 0. The number of benzene rings is 1. The summed E-state index contributed by atoms with van der Waals surface area (Å²) in [5.74, 6) is 2.08. The lowest BCUT2D eigenvalue weighted by atomic mass is 9.75. The largest absolute Gasteiger partial charge is 0.497 e. The van der Waals surface area contributed by atoms with Crippen molar-refractivity contribution < 1.29 is 9.47 Å². The molecule has 2 atom stereocenters. The van der Waals surface area contributed by atoms with Crippen molar-refractivity contribution in [3.63, 3.8) is 0 Å². The molecule has 2 rings (SSSR count). The predicted molar refractivity (Wildman–Crippen MR) is 89.4 cm³/mol. The van der Waals surface area contributed by atoms with Gasteiger partial charge in [-0.05, 0) is 69.2 Å². The number of hydrogen-bond acceptors (Lipinski definition) is 3. The van der Waals surface area contributed by atoms with Gasteiger partial charge in [0, 0.05) is 6.61 Å². The molecule has 0 radical (unpaired) electrons. The van der Waals surface area contributed by atoms with Gasteiger partial charge in [0.2, 0.25) is 0 Å². The van der Waals surface area contributed by atoms with Crippen LogP contribution in [0.4, 0.5) is 0 Å². The molecular formula is C17H28ClNO2. The van der Waals surface area contributed by atoms with Gasteiger partial charge in [0.05, 0.1) is 12.7 Å². The molecule has 1 aliphatic heterocycles. The summed E-state index contributed by atoms with van der Waals surface area (Å²) in [7, 11) is 1.70. The van der Waals surface area contributed by atoms with Crippen LogP contribution in [0.15, 0.2) is 24.3 Å². The van der Waals surface area contributed by atoms with Crippen molar-refractivity contribution in [2.45, 2.75) is 44.6 Å². The molecule has 0 aliphatic carbocycles. The second-order valence-corrected chi connectivity index (χ2v) is 6.32. The van der Waals surface area contributed by atoms with Gasteiger partial charge in [-0.15, -0.1) is 12.4 Å². The summed E-state index contributed by atoms with van der Waals surface area (Å²) in [6, 6.07) is 8.45. The SMILES string of the molecule is COc1ccc(C(CCN)C2CCOC(C)(C)C2)cc1.Cl. The number of hydrogen-bond donors (Lipinski definition) is 1. The highest BCUT2D eigenvalue weighted by Crippen LogP contribution is 2.40. The maximum Gasteiger partial charge on any atom is 0.118 e. The van der Waals surface area contributed by atoms with Crippen molar-refractivity contribution in [2.24, 2.45) is 11.7 Å². The molecule has 2 unspecified atom stereocenters. The van der Waals surface area contributed by atoms with Crippen molar-refractivity contribution in [3.8, 4) is 5.75 Å². The number of ether oxygens (including phenoxy) is 2. The highest BCUT2D eigenvalue weighted by Gasteiger charge is 2.33. The fourth-order valence-corrected chi connectivity index (χ4v) is 3.33. The molecular weight excluding hydrogens is 286 g/mol. The van der Waals surface area contributed by atoms with E-state index in [2.05, 4.69) is 26.0 Å². The molecule has 0 amide bonds. The zero-order valence-corrected chi connectivity index (χ0v) is 14.1. The van der Waals surface area contributed by atoms with Crippen LogP contribution in [0.5, 0.6) is 5.75 Å². The first-order valence-electron chi connectivity index (χ1n) is 7.54. The summed E-state index contributed by atoms with van der Waals surface area (Å²) in [5.41, 5.74) is 7.20. The Morgan fingerprint density at radius 2 is 2.00 bits per heavy atom. The second-order valence-electron chi connectivity index (χ2n) is 6.32. The second kappa shape index (κ2) is 8.02.